The van der Waals surface area contributed by atoms with Crippen molar-refractivity contribution in [1.82, 2.24) is 0 Å². The number of nitrogens with two attached hydrogens (primary N) is 1. The molecule has 72 valence electrons. The van der Waals surface area contributed by atoms with Crippen molar-refractivity contribution in [2.75, 3.05) is 0 Å². The van der Waals surface area contributed by atoms with E-state index in [2.05, 4.69) is 43.3 Å². The average Bonchev–Trinajstić information content (AvgIpc) is 2.20. The van der Waals surface area contributed by atoms with Crippen molar-refractivity contribution in [3.05, 3.63) is 59.3 Å². The number of rotatable bonds is 1. The van der Waals surface area contributed by atoms with Crippen LogP contribution in [-0.4, -0.2) is 0 Å². The molecule has 0 fully saturated rings. The fourth-order valence-electron chi connectivity index (χ4n) is 1.87. The molecule has 0 aliphatic heterocycles. The largest absolute Gasteiger partial charge is 0.399 e. The molecule has 1 aliphatic carbocycles. The Morgan fingerprint density at radius 3 is 2.71 bits per heavy atom. The van der Waals surface area contributed by atoms with Gasteiger partial charge in [0, 0.05) is 11.6 Å². The minimum atomic E-state index is 0.503. The molecular weight excluding hydrogens is 170 g/mol. The lowest BCUT2D eigenvalue weighted by atomic mass is 9.89. The second-order valence-corrected chi connectivity index (χ2v) is 3.76. The zero-order valence-electron chi connectivity index (χ0n) is 8.40. The maximum Gasteiger partial charge on any atom is 0.0270 e. The SMILES string of the molecule is Cc1ccccc1[C@H]1C=CC(N)=CC1. The number of hydrogen-bond acceptors (Lipinski definition) is 1. The molecule has 14 heavy (non-hydrogen) atoms. The number of aryl methyl sites for hydroxylation is 1. The van der Waals surface area contributed by atoms with Gasteiger partial charge in [0.25, 0.3) is 0 Å². The summed E-state index contributed by atoms with van der Waals surface area (Å²) in [5.74, 6) is 0.503. The number of benzene rings is 1. The van der Waals surface area contributed by atoms with Crippen molar-refractivity contribution in [2.45, 2.75) is 19.3 Å². The molecule has 1 heteroatoms. The molecule has 0 saturated heterocycles. The summed E-state index contributed by atoms with van der Waals surface area (Å²) in [5, 5.41) is 0. The van der Waals surface area contributed by atoms with Crippen LogP contribution in [0.4, 0.5) is 0 Å². The highest BCUT2D eigenvalue weighted by Crippen LogP contribution is 2.27. The number of hydrogen-bond donors (Lipinski definition) is 1. The molecular formula is C13H15N. The topological polar surface area (TPSA) is 26.0 Å². The fourth-order valence-corrected chi connectivity index (χ4v) is 1.87. The normalized spacial score (nSPS) is 20.6. The van der Waals surface area contributed by atoms with Crippen LogP contribution < -0.4 is 5.73 Å². The van der Waals surface area contributed by atoms with Gasteiger partial charge in [0.2, 0.25) is 0 Å². The Labute approximate surface area is 84.9 Å². The van der Waals surface area contributed by atoms with Crippen LogP contribution in [0.5, 0.6) is 0 Å². The minimum absolute atomic E-state index is 0.503. The van der Waals surface area contributed by atoms with E-state index in [1.807, 2.05) is 6.08 Å². The van der Waals surface area contributed by atoms with Gasteiger partial charge < -0.3 is 5.73 Å². The van der Waals surface area contributed by atoms with E-state index in [-0.39, 0.29) is 0 Å². The van der Waals surface area contributed by atoms with Gasteiger partial charge >= 0.3 is 0 Å². The molecule has 2 rings (SSSR count). The van der Waals surface area contributed by atoms with E-state index in [1.54, 1.807) is 0 Å². The second kappa shape index (κ2) is 3.70. The molecule has 1 nitrogen and oxygen atoms in total. The molecule has 0 spiro atoms. The molecule has 0 heterocycles. The van der Waals surface area contributed by atoms with Crippen LogP contribution in [0.1, 0.15) is 23.5 Å². The highest BCUT2D eigenvalue weighted by molar-refractivity contribution is 5.36. The lowest BCUT2D eigenvalue weighted by Crippen LogP contribution is -2.04. The van der Waals surface area contributed by atoms with Crippen molar-refractivity contribution < 1.29 is 0 Å². The maximum absolute atomic E-state index is 5.69. The molecule has 1 aliphatic rings. The second-order valence-electron chi connectivity index (χ2n) is 3.76. The van der Waals surface area contributed by atoms with E-state index < -0.39 is 0 Å². The van der Waals surface area contributed by atoms with Crippen LogP contribution in [0.2, 0.25) is 0 Å². The predicted molar refractivity (Wildman–Crippen MR) is 59.9 cm³/mol. The van der Waals surface area contributed by atoms with Crippen molar-refractivity contribution in [3.63, 3.8) is 0 Å². The molecule has 2 N–H and O–H groups in total. The molecule has 0 amide bonds. The first-order valence-electron chi connectivity index (χ1n) is 4.97. The van der Waals surface area contributed by atoms with Crippen molar-refractivity contribution in [1.29, 1.82) is 0 Å². The van der Waals surface area contributed by atoms with Crippen LogP contribution in [0.3, 0.4) is 0 Å². The molecule has 0 unspecified atom stereocenters. The van der Waals surface area contributed by atoms with Crippen LogP contribution in [0, 0.1) is 6.92 Å². The molecule has 0 saturated carbocycles. The van der Waals surface area contributed by atoms with Crippen molar-refractivity contribution >= 4 is 0 Å². The third-order valence-electron chi connectivity index (χ3n) is 2.72. The van der Waals surface area contributed by atoms with Crippen LogP contribution in [-0.2, 0) is 0 Å². The maximum atomic E-state index is 5.69. The lowest BCUT2D eigenvalue weighted by molar-refractivity contribution is 0.835. The van der Waals surface area contributed by atoms with Gasteiger partial charge in [-0.2, -0.15) is 0 Å². The molecule has 1 atom stereocenters. The minimum Gasteiger partial charge on any atom is -0.399 e. The zero-order chi connectivity index (χ0) is 9.97. The Morgan fingerprint density at radius 1 is 1.29 bits per heavy atom. The van der Waals surface area contributed by atoms with Gasteiger partial charge in [-0.3, -0.25) is 0 Å². The Kier molecular flexibility index (Phi) is 2.40. The van der Waals surface area contributed by atoms with Gasteiger partial charge in [0.05, 0.1) is 0 Å². The van der Waals surface area contributed by atoms with E-state index in [1.165, 1.54) is 11.1 Å². The highest BCUT2D eigenvalue weighted by atomic mass is 14.6. The lowest BCUT2D eigenvalue weighted by Gasteiger charge is -2.17. The first-order valence-corrected chi connectivity index (χ1v) is 4.97. The summed E-state index contributed by atoms with van der Waals surface area (Å²) in [6, 6.07) is 8.53. The summed E-state index contributed by atoms with van der Waals surface area (Å²) in [4.78, 5) is 0. The van der Waals surface area contributed by atoms with Crippen LogP contribution in [0.15, 0.2) is 48.2 Å². The Bertz CT molecular complexity index is 388. The Morgan fingerprint density at radius 2 is 2.07 bits per heavy atom. The summed E-state index contributed by atoms with van der Waals surface area (Å²) < 4.78 is 0. The molecule has 0 bridgehead atoms. The summed E-state index contributed by atoms with van der Waals surface area (Å²) in [7, 11) is 0. The van der Waals surface area contributed by atoms with E-state index in [4.69, 9.17) is 5.73 Å². The van der Waals surface area contributed by atoms with Gasteiger partial charge in [-0.15, -0.1) is 0 Å². The van der Waals surface area contributed by atoms with Gasteiger partial charge in [-0.25, -0.2) is 0 Å². The predicted octanol–water partition coefficient (Wildman–Crippen LogP) is 2.88. The van der Waals surface area contributed by atoms with E-state index in [9.17, 15) is 0 Å². The molecule has 0 radical (unpaired) electrons. The summed E-state index contributed by atoms with van der Waals surface area (Å²) >= 11 is 0. The average molecular weight is 185 g/mol. The highest BCUT2D eigenvalue weighted by Gasteiger charge is 2.11. The summed E-state index contributed by atoms with van der Waals surface area (Å²) in [6.45, 7) is 2.16. The van der Waals surface area contributed by atoms with E-state index in [0.717, 1.165) is 12.1 Å². The van der Waals surface area contributed by atoms with E-state index >= 15 is 0 Å². The summed E-state index contributed by atoms with van der Waals surface area (Å²) in [6.07, 6.45) is 7.31. The first-order chi connectivity index (χ1) is 6.77. The number of allylic oxidation sites excluding steroid dienone is 3. The smallest absolute Gasteiger partial charge is 0.0270 e. The summed E-state index contributed by atoms with van der Waals surface area (Å²) in [5.41, 5.74) is 9.34. The van der Waals surface area contributed by atoms with Crippen LogP contribution in [0.25, 0.3) is 0 Å². The molecule has 1 aromatic rings. The van der Waals surface area contributed by atoms with Crippen LogP contribution >= 0.6 is 0 Å². The fraction of sp³-hybridized carbons (Fsp3) is 0.231. The first kappa shape index (κ1) is 9.07. The van der Waals surface area contributed by atoms with Crippen molar-refractivity contribution in [3.8, 4) is 0 Å². The van der Waals surface area contributed by atoms with E-state index in [0.29, 0.717) is 5.92 Å². The van der Waals surface area contributed by atoms with Crippen molar-refractivity contribution in [2.24, 2.45) is 5.73 Å². The van der Waals surface area contributed by atoms with Gasteiger partial charge in [-0.1, -0.05) is 36.4 Å². The monoisotopic (exact) mass is 185 g/mol. The molecule has 0 aromatic heterocycles. The van der Waals surface area contributed by atoms with Gasteiger partial charge in [0.1, 0.15) is 0 Å². The third kappa shape index (κ3) is 1.72. The Hall–Kier alpha value is -1.50. The zero-order valence-corrected chi connectivity index (χ0v) is 8.40. The standard InChI is InChI=1S/C13H15N/c1-10-4-2-3-5-13(10)11-6-8-12(14)9-7-11/h2-6,8-9,11H,7,14H2,1H3/t11-/m0/s1. The quantitative estimate of drug-likeness (QED) is 0.715. The Balaban J connectivity index is 2.26. The third-order valence-corrected chi connectivity index (χ3v) is 2.72. The van der Waals surface area contributed by atoms with Gasteiger partial charge in [-0.05, 0) is 30.5 Å². The van der Waals surface area contributed by atoms with Gasteiger partial charge in [0.15, 0.2) is 0 Å². The molecule has 1 aromatic carbocycles.